The summed E-state index contributed by atoms with van der Waals surface area (Å²) in [6.45, 7) is 4.41. The Labute approximate surface area is 113 Å². The lowest BCUT2D eigenvalue weighted by Crippen LogP contribution is -2.51. The van der Waals surface area contributed by atoms with Gasteiger partial charge in [0, 0.05) is 6.42 Å². The first-order valence-corrected chi connectivity index (χ1v) is 7.77. The SMILES string of the molecule is CCC(CC)CC(=O)C1(N(C)C)CCCCCC1. The summed E-state index contributed by atoms with van der Waals surface area (Å²) in [5.74, 6) is 1.08. The molecule has 0 aromatic carbocycles. The molecule has 0 atom stereocenters. The Bertz CT molecular complexity index is 248. The summed E-state index contributed by atoms with van der Waals surface area (Å²) in [5, 5.41) is 0. The molecule has 0 aliphatic heterocycles. The molecule has 18 heavy (non-hydrogen) atoms. The Balaban J connectivity index is 2.79. The Morgan fingerprint density at radius 1 is 1.06 bits per heavy atom. The molecule has 0 saturated heterocycles. The lowest BCUT2D eigenvalue weighted by molar-refractivity contribution is -0.131. The average Bonchev–Trinajstić information content (AvgIpc) is 2.62. The number of likely N-dealkylation sites (N-methyl/N-ethyl adjacent to an activating group) is 1. The minimum Gasteiger partial charge on any atom is -0.298 e. The van der Waals surface area contributed by atoms with Crippen molar-refractivity contribution in [3.05, 3.63) is 0 Å². The molecule has 0 unspecified atom stereocenters. The van der Waals surface area contributed by atoms with Gasteiger partial charge in [-0.2, -0.15) is 0 Å². The topological polar surface area (TPSA) is 20.3 Å². The van der Waals surface area contributed by atoms with Gasteiger partial charge < -0.3 is 0 Å². The number of nitrogens with zero attached hydrogens (tertiary/aromatic N) is 1. The standard InChI is InChI=1S/C16H31NO/c1-5-14(6-2)13-15(18)16(17(3)4)11-9-7-8-10-12-16/h14H,5-13H2,1-4H3. The van der Waals surface area contributed by atoms with E-state index in [0.717, 1.165) is 32.1 Å². The van der Waals surface area contributed by atoms with Crippen LogP contribution in [0.2, 0.25) is 0 Å². The van der Waals surface area contributed by atoms with Crippen molar-refractivity contribution in [2.75, 3.05) is 14.1 Å². The first kappa shape index (κ1) is 15.7. The summed E-state index contributed by atoms with van der Waals surface area (Å²) in [6, 6.07) is 0. The van der Waals surface area contributed by atoms with Crippen LogP contribution in [0.4, 0.5) is 0 Å². The second-order valence-corrected chi connectivity index (χ2v) is 6.15. The molecule has 0 N–H and O–H groups in total. The third kappa shape index (κ3) is 3.57. The maximum Gasteiger partial charge on any atom is 0.153 e. The van der Waals surface area contributed by atoms with E-state index in [9.17, 15) is 4.79 Å². The van der Waals surface area contributed by atoms with Crippen molar-refractivity contribution in [3.8, 4) is 0 Å². The average molecular weight is 253 g/mol. The number of hydrogen-bond donors (Lipinski definition) is 0. The van der Waals surface area contributed by atoms with E-state index in [2.05, 4.69) is 32.8 Å². The lowest BCUT2D eigenvalue weighted by Gasteiger charge is -2.39. The van der Waals surface area contributed by atoms with E-state index in [1.165, 1.54) is 25.7 Å². The summed E-state index contributed by atoms with van der Waals surface area (Å²) in [7, 11) is 4.19. The predicted octanol–water partition coefficient (Wildman–Crippen LogP) is 4.04. The molecule has 0 aromatic heterocycles. The molecule has 2 nitrogen and oxygen atoms in total. The third-order valence-corrected chi connectivity index (χ3v) is 4.93. The highest BCUT2D eigenvalue weighted by molar-refractivity contribution is 5.88. The highest BCUT2D eigenvalue weighted by atomic mass is 16.1. The van der Waals surface area contributed by atoms with Gasteiger partial charge in [-0.1, -0.05) is 52.4 Å². The van der Waals surface area contributed by atoms with Crippen molar-refractivity contribution in [3.63, 3.8) is 0 Å². The fourth-order valence-electron chi connectivity index (χ4n) is 3.32. The van der Waals surface area contributed by atoms with Crippen molar-refractivity contribution in [1.82, 2.24) is 4.90 Å². The zero-order valence-electron chi connectivity index (χ0n) is 12.8. The van der Waals surface area contributed by atoms with E-state index in [4.69, 9.17) is 0 Å². The van der Waals surface area contributed by atoms with Gasteiger partial charge >= 0.3 is 0 Å². The number of rotatable bonds is 6. The molecule has 0 amide bonds. The molecule has 1 saturated carbocycles. The second-order valence-electron chi connectivity index (χ2n) is 6.15. The van der Waals surface area contributed by atoms with Crippen LogP contribution in [0.1, 0.15) is 71.6 Å². The first-order chi connectivity index (χ1) is 8.56. The summed E-state index contributed by atoms with van der Waals surface area (Å²) < 4.78 is 0. The minimum atomic E-state index is -0.154. The molecule has 106 valence electrons. The van der Waals surface area contributed by atoms with Crippen molar-refractivity contribution in [2.45, 2.75) is 77.2 Å². The molecular weight excluding hydrogens is 222 g/mol. The molecule has 0 aromatic rings. The molecule has 0 radical (unpaired) electrons. The fourth-order valence-corrected chi connectivity index (χ4v) is 3.32. The van der Waals surface area contributed by atoms with Crippen LogP contribution in [-0.2, 0) is 4.79 Å². The number of hydrogen-bond acceptors (Lipinski definition) is 2. The fraction of sp³-hybridized carbons (Fsp3) is 0.938. The summed E-state index contributed by atoms with van der Waals surface area (Å²) in [5.41, 5.74) is -0.154. The van der Waals surface area contributed by atoms with Crippen LogP contribution >= 0.6 is 0 Å². The van der Waals surface area contributed by atoms with E-state index < -0.39 is 0 Å². The number of carbonyl (C=O) groups is 1. The molecule has 2 heteroatoms. The summed E-state index contributed by atoms with van der Waals surface area (Å²) >= 11 is 0. The minimum absolute atomic E-state index is 0.154. The van der Waals surface area contributed by atoms with Gasteiger partial charge in [-0.25, -0.2) is 0 Å². The zero-order chi connectivity index (χ0) is 13.6. The molecular formula is C16H31NO. The Kier molecular flexibility index (Phi) is 6.34. The maximum absolute atomic E-state index is 12.8. The molecule has 0 spiro atoms. The van der Waals surface area contributed by atoms with Crippen LogP contribution in [0.25, 0.3) is 0 Å². The number of carbonyl (C=O) groups excluding carboxylic acids is 1. The Morgan fingerprint density at radius 3 is 1.94 bits per heavy atom. The number of ketones is 1. The van der Waals surface area contributed by atoms with Crippen molar-refractivity contribution >= 4 is 5.78 Å². The molecule has 1 aliphatic rings. The van der Waals surface area contributed by atoms with Crippen molar-refractivity contribution < 1.29 is 4.79 Å². The van der Waals surface area contributed by atoms with Crippen LogP contribution in [0.5, 0.6) is 0 Å². The summed E-state index contributed by atoms with van der Waals surface area (Å²) in [4.78, 5) is 15.0. The van der Waals surface area contributed by atoms with Gasteiger partial charge in [0.25, 0.3) is 0 Å². The van der Waals surface area contributed by atoms with E-state index in [0.29, 0.717) is 11.7 Å². The van der Waals surface area contributed by atoms with Gasteiger partial charge in [-0.15, -0.1) is 0 Å². The first-order valence-electron chi connectivity index (χ1n) is 7.77. The smallest absolute Gasteiger partial charge is 0.153 e. The van der Waals surface area contributed by atoms with Gasteiger partial charge in [0.05, 0.1) is 5.54 Å². The van der Waals surface area contributed by atoms with E-state index in [-0.39, 0.29) is 5.54 Å². The van der Waals surface area contributed by atoms with Gasteiger partial charge in [-0.3, -0.25) is 9.69 Å². The summed E-state index contributed by atoms with van der Waals surface area (Å²) in [6.07, 6.45) is 10.2. The van der Waals surface area contributed by atoms with E-state index in [1.54, 1.807) is 0 Å². The quantitative estimate of drug-likeness (QED) is 0.666. The molecule has 1 aliphatic carbocycles. The van der Waals surface area contributed by atoms with Crippen LogP contribution in [-0.4, -0.2) is 30.3 Å². The lowest BCUT2D eigenvalue weighted by atomic mass is 9.80. The molecule has 0 heterocycles. The zero-order valence-corrected chi connectivity index (χ0v) is 12.8. The van der Waals surface area contributed by atoms with Crippen LogP contribution in [0, 0.1) is 5.92 Å². The normalized spacial score (nSPS) is 20.1. The van der Waals surface area contributed by atoms with Crippen LogP contribution in [0.3, 0.4) is 0 Å². The van der Waals surface area contributed by atoms with Crippen molar-refractivity contribution in [2.24, 2.45) is 5.92 Å². The Morgan fingerprint density at radius 2 is 1.56 bits per heavy atom. The Hall–Kier alpha value is -0.370. The monoisotopic (exact) mass is 253 g/mol. The molecule has 1 fully saturated rings. The molecule has 0 bridgehead atoms. The molecule has 1 rings (SSSR count). The van der Waals surface area contributed by atoms with Crippen LogP contribution < -0.4 is 0 Å². The van der Waals surface area contributed by atoms with Crippen LogP contribution in [0.15, 0.2) is 0 Å². The van der Waals surface area contributed by atoms with Gasteiger partial charge in [0.15, 0.2) is 5.78 Å². The maximum atomic E-state index is 12.8. The van der Waals surface area contributed by atoms with Gasteiger partial charge in [-0.05, 0) is 32.9 Å². The van der Waals surface area contributed by atoms with Crippen molar-refractivity contribution in [1.29, 1.82) is 0 Å². The van der Waals surface area contributed by atoms with E-state index in [1.807, 2.05) is 0 Å². The largest absolute Gasteiger partial charge is 0.298 e. The third-order valence-electron chi connectivity index (χ3n) is 4.93. The highest BCUT2D eigenvalue weighted by Crippen LogP contribution is 2.34. The van der Waals surface area contributed by atoms with Gasteiger partial charge in [0.2, 0.25) is 0 Å². The number of Topliss-reactive ketones (excluding diaryl/α,β-unsaturated/α-hetero) is 1. The van der Waals surface area contributed by atoms with Gasteiger partial charge in [0.1, 0.15) is 0 Å². The van der Waals surface area contributed by atoms with E-state index >= 15 is 0 Å². The highest BCUT2D eigenvalue weighted by Gasteiger charge is 2.40. The second kappa shape index (κ2) is 7.28. The predicted molar refractivity (Wildman–Crippen MR) is 77.8 cm³/mol.